The molecule has 0 bridgehead atoms. The molecule has 0 amide bonds. The second-order valence-corrected chi connectivity index (χ2v) is 4.29. The molecule has 0 aliphatic carbocycles. The number of rotatable bonds is 2. The number of aromatic nitrogens is 2. The van der Waals surface area contributed by atoms with E-state index in [4.69, 9.17) is 12.2 Å². The fourth-order valence-corrected chi connectivity index (χ4v) is 1.94. The van der Waals surface area contributed by atoms with Gasteiger partial charge in [0.15, 0.2) is 0 Å². The molecule has 86 valence electrons. The highest BCUT2D eigenvalue weighted by molar-refractivity contribution is 9.10. The number of terminal acetylenes is 1. The number of nitrogens with zero attached hydrogens (tertiary/aromatic N) is 2. The third kappa shape index (κ3) is 2.17. The van der Waals surface area contributed by atoms with Gasteiger partial charge in [-0.1, -0.05) is 21.9 Å². The summed E-state index contributed by atoms with van der Waals surface area (Å²) in [4.78, 5) is 4.15. The zero-order valence-corrected chi connectivity index (χ0v) is 10.4. The van der Waals surface area contributed by atoms with Crippen LogP contribution in [0.5, 0.6) is 0 Å². The molecule has 17 heavy (non-hydrogen) atoms. The van der Waals surface area contributed by atoms with Crippen LogP contribution in [0.2, 0.25) is 0 Å². The van der Waals surface area contributed by atoms with Gasteiger partial charge in [-0.15, -0.1) is 6.42 Å². The molecule has 1 aromatic carbocycles. The SMILES string of the molecule is C#CCn1cnc(-c2cc(F)ccc2Br)c1N. The second-order valence-electron chi connectivity index (χ2n) is 3.43. The highest BCUT2D eigenvalue weighted by Gasteiger charge is 2.13. The van der Waals surface area contributed by atoms with Crippen molar-refractivity contribution in [3.8, 4) is 23.6 Å². The van der Waals surface area contributed by atoms with Gasteiger partial charge in [0.05, 0.1) is 12.9 Å². The zero-order valence-electron chi connectivity index (χ0n) is 8.82. The summed E-state index contributed by atoms with van der Waals surface area (Å²) in [6.07, 6.45) is 6.75. The Morgan fingerprint density at radius 3 is 3.00 bits per heavy atom. The Kier molecular flexibility index (Phi) is 3.16. The van der Waals surface area contributed by atoms with Gasteiger partial charge in [0.1, 0.15) is 17.3 Å². The molecule has 0 fully saturated rings. The maximum atomic E-state index is 13.2. The van der Waals surface area contributed by atoms with Crippen molar-refractivity contribution in [3.63, 3.8) is 0 Å². The van der Waals surface area contributed by atoms with Crippen LogP contribution in [-0.2, 0) is 6.54 Å². The summed E-state index contributed by atoms with van der Waals surface area (Å²) in [5.41, 5.74) is 7.03. The first-order valence-electron chi connectivity index (χ1n) is 4.83. The summed E-state index contributed by atoms with van der Waals surface area (Å²) in [6.45, 7) is 0.339. The van der Waals surface area contributed by atoms with Crippen molar-refractivity contribution < 1.29 is 4.39 Å². The van der Waals surface area contributed by atoms with Crippen molar-refractivity contribution >= 4 is 21.7 Å². The van der Waals surface area contributed by atoms with Crippen LogP contribution < -0.4 is 5.73 Å². The first-order chi connectivity index (χ1) is 8.13. The van der Waals surface area contributed by atoms with E-state index >= 15 is 0 Å². The van der Waals surface area contributed by atoms with Crippen LogP contribution in [0.25, 0.3) is 11.3 Å². The average Bonchev–Trinajstić information content (AvgIpc) is 2.65. The van der Waals surface area contributed by atoms with Crippen molar-refractivity contribution in [1.29, 1.82) is 0 Å². The maximum absolute atomic E-state index is 13.2. The third-order valence-corrected chi connectivity index (χ3v) is 3.01. The van der Waals surface area contributed by atoms with Gasteiger partial charge in [0, 0.05) is 10.0 Å². The molecule has 2 aromatic rings. The van der Waals surface area contributed by atoms with Gasteiger partial charge in [-0.3, -0.25) is 0 Å². The lowest BCUT2D eigenvalue weighted by atomic mass is 10.1. The Bertz CT molecular complexity index is 598. The second kappa shape index (κ2) is 4.60. The summed E-state index contributed by atoms with van der Waals surface area (Å²) < 4.78 is 15.6. The quantitative estimate of drug-likeness (QED) is 0.865. The number of benzene rings is 1. The molecule has 2 N–H and O–H groups in total. The number of hydrogen-bond donors (Lipinski definition) is 1. The fraction of sp³-hybridized carbons (Fsp3) is 0.0833. The molecule has 5 heteroatoms. The third-order valence-electron chi connectivity index (χ3n) is 2.32. The number of anilines is 1. The standard InChI is InChI=1S/C12H9BrFN3/c1-2-5-17-7-16-11(12(17)15)9-6-8(14)3-4-10(9)13/h1,3-4,6-7H,5,15H2. The van der Waals surface area contributed by atoms with Crippen LogP contribution in [0.15, 0.2) is 29.0 Å². The molecule has 1 aromatic heterocycles. The molecule has 0 saturated carbocycles. The first kappa shape index (κ1) is 11.7. The van der Waals surface area contributed by atoms with E-state index in [2.05, 4.69) is 26.8 Å². The average molecular weight is 294 g/mol. The van der Waals surface area contributed by atoms with Crippen molar-refractivity contribution in [2.24, 2.45) is 0 Å². The maximum Gasteiger partial charge on any atom is 0.132 e. The number of nitrogens with two attached hydrogens (primary N) is 1. The van der Waals surface area contributed by atoms with E-state index in [0.717, 1.165) is 4.47 Å². The van der Waals surface area contributed by atoms with Crippen molar-refractivity contribution in [2.75, 3.05) is 5.73 Å². The molecule has 2 rings (SSSR count). The Morgan fingerprint density at radius 2 is 2.29 bits per heavy atom. The van der Waals surface area contributed by atoms with Gasteiger partial charge in [0.25, 0.3) is 0 Å². The Labute approximate surface area is 107 Å². The smallest absolute Gasteiger partial charge is 0.132 e. The lowest BCUT2D eigenvalue weighted by molar-refractivity contribution is 0.628. The van der Waals surface area contributed by atoms with Gasteiger partial charge in [0.2, 0.25) is 0 Å². The van der Waals surface area contributed by atoms with E-state index < -0.39 is 0 Å². The minimum atomic E-state index is -0.339. The molecule has 1 heterocycles. The topological polar surface area (TPSA) is 43.8 Å². The van der Waals surface area contributed by atoms with Crippen LogP contribution in [-0.4, -0.2) is 9.55 Å². The summed E-state index contributed by atoms with van der Waals surface area (Å²) in [5.74, 6) is 2.56. The van der Waals surface area contributed by atoms with Crippen LogP contribution >= 0.6 is 15.9 Å². The molecular formula is C12H9BrFN3. The van der Waals surface area contributed by atoms with Crippen LogP contribution in [0.4, 0.5) is 10.2 Å². The van der Waals surface area contributed by atoms with Gasteiger partial charge < -0.3 is 10.3 Å². The Hall–Kier alpha value is -1.80. The van der Waals surface area contributed by atoms with Crippen LogP contribution in [0.3, 0.4) is 0 Å². The molecule has 0 unspecified atom stereocenters. The van der Waals surface area contributed by atoms with Gasteiger partial charge in [-0.25, -0.2) is 9.37 Å². The molecule has 0 aliphatic rings. The molecule has 3 nitrogen and oxygen atoms in total. The molecule has 0 spiro atoms. The van der Waals surface area contributed by atoms with Crippen LogP contribution in [0.1, 0.15) is 0 Å². The fourth-order valence-electron chi connectivity index (χ4n) is 1.50. The van der Waals surface area contributed by atoms with E-state index in [1.807, 2.05) is 0 Å². The number of halogens is 2. The van der Waals surface area contributed by atoms with E-state index in [1.54, 1.807) is 17.0 Å². The molecule has 0 saturated heterocycles. The lowest BCUT2D eigenvalue weighted by Crippen LogP contribution is -2.00. The van der Waals surface area contributed by atoms with E-state index in [0.29, 0.717) is 23.6 Å². The Balaban J connectivity index is 2.54. The normalized spacial score (nSPS) is 10.2. The monoisotopic (exact) mass is 293 g/mol. The van der Waals surface area contributed by atoms with Crippen molar-refractivity contribution in [1.82, 2.24) is 9.55 Å². The van der Waals surface area contributed by atoms with Crippen molar-refractivity contribution in [2.45, 2.75) is 6.54 Å². The van der Waals surface area contributed by atoms with Crippen LogP contribution in [0, 0.1) is 18.2 Å². The number of imidazole rings is 1. The first-order valence-corrected chi connectivity index (χ1v) is 5.62. The summed E-state index contributed by atoms with van der Waals surface area (Å²) in [7, 11) is 0. The summed E-state index contributed by atoms with van der Waals surface area (Å²) in [5, 5.41) is 0. The number of nitrogen functional groups attached to an aromatic ring is 1. The molecular weight excluding hydrogens is 285 g/mol. The summed E-state index contributed by atoms with van der Waals surface area (Å²) >= 11 is 3.34. The lowest BCUT2D eigenvalue weighted by Gasteiger charge is -2.04. The van der Waals surface area contributed by atoms with E-state index in [-0.39, 0.29) is 5.82 Å². The summed E-state index contributed by atoms with van der Waals surface area (Å²) in [6, 6.07) is 4.36. The predicted molar refractivity (Wildman–Crippen MR) is 68.6 cm³/mol. The molecule has 0 radical (unpaired) electrons. The van der Waals surface area contributed by atoms with E-state index in [9.17, 15) is 4.39 Å². The zero-order chi connectivity index (χ0) is 12.4. The van der Waals surface area contributed by atoms with Crippen molar-refractivity contribution in [3.05, 3.63) is 34.8 Å². The molecule has 0 aliphatic heterocycles. The Morgan fingerprint density at radius 1 is 1.53 bits per heavy atom. The molecule has 0 atom stereocenters. The van der Waals surface area contributed by atoms with Gasteiger partial charge >= 0.3 is 0 Å². The minimum Gasteiger partial charge on any atom is -0.383 e. The predicted octanol–water partition coefficient (Wildman–Crippen LogP) is 2.67. The van der Waals surface area contributed by atoms with Gasteiger partial charge in [-0.05, 0) is 18.2 Å². The minimum absolute atomic E-state index is 0.339. The van der Waals surface area contributed by atoms with E-state index in [1.165, 1.54) is 12.1 Å². The highest BCUT2D eigenvalue weighted by Crippen LogP contribution is 2.31. The highest BCUT2D eigenvalue weighted by atomic mass is 79.9. The number of hydrogen-bond acceptors (Lipinski definition) is 2. The largest absolute Gasteiger partial charge is 0.383 e. The van der Waals surface area contributed by atoms with Gasteiger partial charge in [-0.2, -0.15) is 0 Å².